The molecule has 0 saturated heterocycles. The second kappa shape index (κ2) is 6.07. The smallest absolute Gasteiger partial charge is 0.141 e. The Morgan fingerprint density at radius 2 is 1.67 bits per heavy atom. The van der Waals surface area contributed by atoms with E-state index in [9.17, 15) is 4.39 Å². The lowest BCUT2D eigenvalue weighted by atomic mass is 10.2. The topological polar surface area (TPSA) is 9.23 Å². The van der Waals surface area contributed by atoms with Gasteiger partial charge in [0.2, 0.25) is 0 Å². The summed E-state index contributed by atoms with van der Waals surface area (Å²) in [5.41, 5.74) is 1.86. The zero-order valence-electron chi connectivity index (χ0n) is 9.50. The summed E-state index contributed by atoms with van der Waals surface area (Å²) in [4.78, 5) is 0. The molecule has 0 radical (unpaired) electrons. The Balaban J connectivity index is 1.99. The molecule has 0 N–H and O–H groups in total. The number of halogens is 3. The Labute approximate surface area is 115 Å². The summed E-state index contributed by atoms with van der Waals surface area (Å²) >= 11 is 11.4. The van der Waals surface area contributed by atoms with Crippen LogP contribution in [0.25, 0.3) is 0 Å². The van der Waals surface area contributed by atoms with Crippen LogP contribution in [0, 0.1) is 5.82 Å². The third-order valence-electron chi connectivity index (χ3n) is 2.47. The van der Waals surface area contributed by atoms with Gasteiger partial charge in [-0.3, -0.25) is 0 Å². The Hall–Kier alpha value is -1.25. The van der Waals surface area contributed by atoms with Gasteiger partial charge in [-0.15, -0.1) is 11.6 Å². The second-order valence-electron chi connectivity index (χ2n) is 3.81. The summed E-state index contributed by atoms with van der Waals surface area (Å²) in [6.07, 6.45) is 0. The SMILES string of the molecule is Fc1ccc(COc2ccc(CCl)cc2)cc1Cl. The predicted octanol–water partition coefficient (Wildman–Crippen LogP) is 4.80. The first kappa shape index (κ1) is 13.2. The summed E-state index contributed by atoms with van der Waals surface area (Å²) in [6, 6.07) is 12.0. The summed E-state index contributed by atoms with van der Waals surface area (Å²) in [7, 11) is 0. The Morgan fingerprint density at radius 3 is 2.28 bits per heavy atom. The average molecular weight is 285 g/mol. The van der Waals surface area contributed by atoms with Crippen molar-refractivity contribution in [3.8, 4) is 5.75 Å². The lowest BCUT2D eigenvalue weighted by Gasteiger charge is -2.07. The van der Waals surface area contributed by atoms with Gasteiger partial charge in [-0.05, 0) is 35.4 Å². The van der Waals surface area contributed by atoms with Crippen molar-refractivity contribution < 1.29 is 9.13 Å². The monoisotopic (exact) mass is 284 g/mol. The Kier molecular flexibility index (Phi) is 4.45. The van der Waals surface area contributed by atoms with Crippen LogP contribution >= 0.6 is 23.2 Å². The van der Waals surface area contributed by atoms with Crippen molar-refractivity contribution >= 4 is 23.2 Å². The zero-order chi connectivity index (χ0) is 13.0. The van der Waals surface area contributed by atoms with Gasteiger partial charge in [0.05, 0.1) is 5.02 Å². The molecule has 18 heavy (non-hydrogen) atoms. The maximum absolute atomic E-state index is 13.0. The number of alkyl halides is 1. The quantitative estimate of drug-likeness (QED) is 0.733. The third-order valence-corrected chi connectivity index (χ3v) is 3.07. The fourth-order valence-corrected chi connectivity index (χ4v) is 1.85. The predicted molar refractivity (Wildman–Crippen MR) is 71.7 cm³/mol. The van der Waals surface area contributed by atoms with Gasteiger partial charge in [0, 0.05) is 5.88 Å². The molecule has 2 aromatic rings. The highest BCUT2D eigenvalue weighted by molar-refractivity contribution is 6.30. The maximum Gasteiger partial charge on any atom is 0.141 e. The first-order chi connectivity index (χ1) is 8.69. The fourth-order valence-electron chi connectivity index (χ4n) is 1.47. The van der Waals surface area contributed by atoms with Gasteiger partial charge in [-0.1, -0.05) is 29.8 Å². The molecule has 94 valence electrons. The van der Waals surface area contributed by atoms with E-state index < -0.39 is 5.82 Å². The van der Waals surface area contributed by atoms with E-state index >= 15 is 0 Å². The molecule has 0 unspecified atom stereocenters. The van der Waals surface area contributed by atoms with E-state index in [0.717, 1.165) is 16.9 Å². The van der Waals surface area contributed by atoms with Crippen LogP contribution < -0.4 is 4.74 Å². The van der Waals surface area contributed by atoms with Crippen molar-refractivity contribution in [3.63, 3.8) is 0 Å². The van der Waals surface area contributed by atoms with E-state index in [2.05, 4.69) is 0 Å². The molecule has 0 bridgehead atoms. The van der Waals surface area contributed by atoms with Gasteiger partial charge in [-0.2, -0.15) is 0 Å². The molecule has 0 aliphatic carbocycles. The molecule has 0 aromatic heterocycles. The highest BCUT2D eigenvalue weighted by Crippen LogP contribution is 2.19. The van der Waals surface area contributed by atoms with Crippen molar-refractivity contribution in [1.29, 1.82) is 0 Å². The van der Waals surface area contributed by atoms with E-state index in [1.807, 2.05) is 24.3 Å². The molecule has 2 rings (SSSR count). The highest BCUT2D eigenvalue weighted by atomic mass is 35.5. The minimum atomic E-state index is -0.424. The van der Waals surface area contributed by atoms with Gasteiger partial charge >= 0.3 is 0 Å². The van der Waals surface area contributed by atoms with Crippen molar-refractivity contribution in [2.24, 2.45) is 0 Å². The zero-order valence-corrected chi connectivity index (χ0v) is 11.0. The number of hydrogen-bond acceptors (Lipinski definition) is 1. The molecule has 2 aromatic carbocycles. The van der Waals surface area contributed by atoms with Crippen LogP contribution in [0.1, 0.15) is 11.1 Å². The van der Waals surface area contributed by atoms with Gasteiger partial charge < -0.3 is 4.74 Å². The van der Waals surface area contributed by atoms with Crippen molar-refractivity contribution in [3.05, 3.63) is 64.4 Å². The molecule has 0 fully saturated rings. The van der Waals surface area contributed by atoms with Gasteiger partial charge in [0.15, 0.2) is 0 Å². The van der Waals surface area contributed by atoms with Crippen LogP contribution in [0.3, 0.4) is 0 Å². The summed E-state index contributed by atoms with van der Waals surface area (Å²) in [6.45, 7) is 0.347. The van der Waals surface area contributed by atoms with Crippen molar-refractivity contribution in [1.82, 2.24) is 0 Å². The molecule has 0 saturated carbocycles. The van der Waals surface area contributed by atoms with Crippen LogP contribution in [0.2, 0.25) is 5.02 Å². The fraction of sp³-hybridized carbons (Fsp3) is 0.143. The van der Waals surface area contributed by atoms with Crippen LogP contribution in [-0.2, 0) is 12.5 Å². The normalized spacial score (nSPS) is 10.4. The largest absolute Gasteiger partial charge is 0.489 e. The lowest BCUT2D eigenvalue weighted by Crippen LogP contribution is -1.96. The number of ether oxygens (including phenoxy) is 1. The minimum absolute atomic E-state index is 0.105. The molecular weight excluding hydrogens is 274 g/mol. The Bertz CT molecular complexity index is 526. The molecule has 0 aliphatic rings. The first-order valence-corrected chi connectivity index (χ1v) is 6.32. The third kappa shape index (κ3) is 3.37. The van der Waals surface area contributed by atoms with Gasteiger partial charge in [-0.25, -0.2) is 4.39 Å². The number of benzene rings is 2. The van der Waals surface area contributed by atoms with Crippen molar-refractivity contribution in [2.75, 3.05) is 0 Å². The van der Waals surface area contributed by atoms with E-state index in [1.165, 1.54) is 6.07 Å². The van der Waals surface area contributed by atoms with Crippen LogP contribution in [-0.4, -0.2) is 0 Å². The number of rotatable bonds is 4. The van der Waals surface area contributed by atoms with E-state index in [-0.39, 0.29) is 5.02 Å². The summed E-state index contributed by atoms with van der Waals surface area (Å²) in [5.74, 6) is 0.796. The van der Waals surface area contributed by atoms with Crippen LogP contribution in [0.15, 0.2) is 42.5 Å². The summed E-state index contributed by atoms with van der Waals surface area (Å²) in [5, 5.41) is 0.105. The molecule has 0 heterocycles. The lowest BCUT2D eigenvalue weighted by molar-refractivity contribution is 0.306. The Morgan fingerprint density at radius 1 is 1.00 bits per heavy atom. The molecule has 0 aliphatic heterocycles. The molecule has 0 atom stereocenters. The second-order valence-corrected chi connectivity index (χ2v) is 4.49. The van der Waals surface area contributed by atoms with E-state index in [4.69, 9.17) is 27.9 Å². The molecule has 0 amide bonds. The highest BCUT2D eigenvalue weighted by Gasteiger charge is 2.02. The first-order valence-electron chi connectivity index (χ1n) is 5.40. The van der Waals surface area contributed by atoms with Gasteiger partial charge in [0.1, 0.15) is 18.2 Å². The van der Waals surface area contributed by atoms with Crippen LogP contribution in [0.5, 0.6) is 5.75 Å². The maximum atomic E-state index is 13.0. The van der Waals surface area contributed by atoms with Crippen molar-refractivity contribution in [2.45, 2.75) is 12.5 Å². The number of hydrogen-bond donors (Lipinski definition) is 0. The minimum Gasteiger partial charge on any atom is -0.489 e. The van der Waals surface area contributed by atoms with Crippen LogP contribution in [0.4, 0.5) is 4.39 Å². The molecule has 0 spiro atoms. The standard InChI is InChI=1S/C14H11Cl2FO/c15-8-10-1-4-12(5-2-10)18-9-11-3-6-14(17)13(16)7-11/h1-7H,8-9H2. The molecule has 1 nitrogen and oxygen atoms in total. The van der Waals surface area contributed by atoms with Gasteiger partial charge in [0.25, 0.3) is 0 Å². The molecular formula is C14H11Cl2FO. The van der Waals surface area contributed by atoms with E-state index in [0.29, 0.717) is 12.5 Å². The van der Waals surface area contributed by atoms with E-state index in [1.54, 1.807) is 12.1 Å². The summed E-state index contributed by atoms with van der Waals surface area (Å²) < 4.78 is 18.5. The molecule has 4 heteroatoms. The average Bonchev–Trinajstić information content (AvgIpc) is 2.41.